The molecule has 0 N–H and O–H groups in total. The Morgan fingerprint density at radius 1 is 1.15 bits per heavy atom. The highest BCUT2D eigenvalue weighted by molar-refractivity contribution is 5.76. The maximum atomic E-state index is 12.5. The van der Waals surface area contributed by atoms with E-state index in [1.165, 1.54) is 5.56 Å². The monoisotopic (exact) mass is 355 g/mol. The predicted molar refractivity (Wildman–Crippen MR) is 103 cm³/mol. The molecule has 1 saturated heterocycles. The normalized spacial score (nSPS) is 15.6. The number of benzene rings is 1. The molecule has 1 amide bonds. The van der Waals surface area contributed by atoms with Crippen LogP contribution in [0.1, 0.15) is 31.7 Å². The fourth-order valence-electron chi connectivity index (χ4n) is 3.35. The number of aromatic nitrogens is 1. The summed E-state index contributed by atoms with van der Waals surface area (Å²) in [5.41, 5.74) is 2.23. The highest BCUT2D eigenvalue weighted by Gasteiger charge is 2.21. The van der Waals surface area contributed by atoms with Crippen molar-refractivity contribution in [3.8, 4) is 11.3 Å². The van der Waals surface area contributed by atoms with Crippen LogP contribution in [-0.2, 0) is 11.2 Å². The number of aryl methyl sites for hydroxylation is 2. The van der Waals surface area contributed by atoms with Crippen molar-refractivity contribution in [2.45, 2.75) is 33.6 Å². The van der Waals surface area contributed by atoms with E-state index in [-0.39, 0.29) is 5.91 Å². The van der Waals surface area contributed by atoms with E-state index in [9.17, 15) is 4.79 Å². The fraction of sp³-hybridized carbons (Fsp3) is 0.524. The Bertz CT molecular complexity index is 713. The molecule has 26 heavy (non-hydrogen) atoms. The van der Waals surface area contributed by atoms with Crippen molar-refractivity contribution < 1.29 is 9.21 Å². The first-order valence-electron chi connectivity index (χ1n) is 9.53. The molecule has 1 aliphatic heterocycles. The third-order valence-corrected chi connectivity index (χ3v) is 4.79. The van der Waals surface area contributed by atoms with Crippen LogP contribution in [0.4, 0.5) is 0 Å². The molecule has 0 bridgehead atoms. The summed E-state index contributed by atoms with van der Waals surface area (Å²) < 4.78 is 5.82. The van der Waals surface area contributed by atoms with Gasteiger partial charge >= 0.3 is 0 Å². The van der Waals surface area contributed by atoms with Crippen LogP contribution in [0.15, 0.2) is 34.9 Å². The number of carbonyl (C=O) groups is 1. The van der Waals surface area contributed by atoms with Gasteiger partial charge in [0.1, 0.15) is 0 Å². The van der Waals surface area contributed by atoms with Crippen molar-refractivity contribution in [2.24, 2.45) is 5.92 Å². The smallest absolute Gasteiger partial charge is 0.223 e. The average Bonchev–Trinajstić information content (AvgIpc) is 3.09. The lowest BCUT2D eigenvalue weighted by Gasteiger charge is -2.35. The van der Waals surface area contributed by atoms with Gasteiger partial charge < -0.3 is 9.32 Å². The zero-order chi connectivity index (χ0) is 18.5. The van der Waals surface area contributed by atoms with E-state index >= 15 is 0 Å². The van der Waals surface area contributed by atoms with E-state index < -0.39 is 0 Å². The number of hydrogen-bond acceptors (Lipinski definition) is 4. The summed E-state index contributed by atoms with van der Waals surface area (Å²) in [4.78, 5) is 21.2. The van der Waals surface area contributed by atoms with E-state index in [1.807, 2.05) is 17.0 Å². The Morgan fingerprint density at radius 2 is 1.85 bits per heavy atom. The maximum Gasteiger partial charge on any atom is 0.223 e. The Labute approximate surface area is 156 Å². The standard InChI is InChI=1S/C21H29N3O2/c1-16(2)15-23-10-12-24(13-11-23)21(25)9-8-20-22-14-19(26-20)18-6-4-17(3)5-7-18/h4-7,14,16H,8-13,15H2,1-3H3. The molecule has 0 unspecified atom stereocenters. The molecule has 2 heterocycles. The van der Waals surface area contributed by atoms with E-state index in [4.69, 9.17) is 4.42 Å². The van der Waals surface area contributed by atoms with Crippen molar-refractivity contribution in [1.82, 2.24) is 14.8 Å². The molecular formula is C21H29N3O2. The highest BCUT2D eigenvalue weighted by Crippen LogP contribution is 2.21. The summed E-state index contributed by atoms with van der Waals surface area (Å²) in [7, 11) is 0. The fourth-order valence-corrected chi connectivity index (χ4v) is 3.35. The first-order chi connectivity index (χ1) is 12.5. The molecule has 140 valence electrons. The van der Waals surface area contributed by atoms with Gasteiger partial charge in [0.25, 0.3) is 0 Å². The van der Waals surface area contributed by atoms with E-state index in [0.29, 0.717) is 24.7 Å². The van der Waals surface area contributed by atoms with Crippen LogP contribution >= 0.6 is 0 Å². The Kier molecular flexibility index (Phi) is 6.09. The molecule has 1 fully saturated rings. The zero-order valence-corrected chi connectivity index (χ0v) is 16.1. The largest absolute Gasteiger partial charge is 0.441 e. The summed E-state index contributed by atoms with van der Waals surface area (Å²) in [6.07, 6.45) is 2.75. The summed E-state index contributed by atoms with van der Waals surface area (Å²) in [6.45, 7) is 11.2. The molecule has 3 rings (SSSR count). The molecule has 0 radical (unpaired) electrons. The molecule has 5 heteroatoms. The van der Waals surface area contributed by atoms with Crippen LogP contribution in [0.3, 0.4) is 0 Å². The van der Waals surface area contributed by atoms with Crippen molar-refractivity contribution in [3.05, 3.63) is 41.9 Å². The van der Waals surface area contributed by atoms with Crippen LogP contribution in [0.25, 0.3) is 11.3 Å². The number of nitrogens with zero attached hydrogens (tertiary/aromatic N) is 3. The second-order valence-electron chi connectivity index (χ2n) is 7.56. The molecule has 2 aromatic rings. The molecule has 1 aromatic carbocycles. The van der Waals surface area contributed by atoms with E-state index in [2.05, 4.69) is 42.8 Å². The van der Waals surface area contributed by atoms with Gasteiger partial charge in [0.05, 0.1) is 6.20 Å². The van der Waals surface area contributed by atoms with Gasteiger partial charge in [0, 0.05) is 51.1 Å². The number of oxazole rings is 1. The first kappa shape index (κ1) is 18.6. The number of carbonyl (C=O) groups excluding carboxylic acids is 1. The second kappa shape index (κ2) is 8.49. The van der Waals surface area contributed by atoms with Crippen LogP contribution in [-0.4, -0.2) is 53.4 Å². The van der Waals surface area contributed by atoms with Crippen LogP contribution < -0.4 is 0 Å². The summed E-state index contributed by atoms with van der Waals surface area (Å²) in [5.74, 6) is 2.26. The van der Waals surface area contributed by atoms with E-state index in [0.717, 1.165) is 44.0 Å². The Hall–Kier alpha value is -2.14. The predicted octanol–water partition coefficient (Wildman–Crippen LogP) is 3.38. The SMILES string of the molecule is Cc1ccc(-c2cnc(CCC(=O)N3CCN(CC(C)C)CC3)o2)cc1. The number of piperazine rings is 1. The molecular weight excluding hydrogens is 326 g/mol. The quantitative estimate of drug-likeness (QED) is 0.797. The van der Waals surface area contributed by atoms with Crippen molar-refractivity contribution in [3.63, 3.8) is 0 Å². The molecule has 5 nitrogen and oxygen atoms in total. The molecule has 1 aliphatic rings. The number of hydrogen-bond donors (Lipinski definition) is 0. The summed E-state index contributed by atoms with van der Waals surface area (Å²) in [6, 6.07) is 8.17. The van der Waals surface area contributed by atoms with Gasteiger partial charge in [-0.1, -0.05) is 43.7 Å². The second-order valence-corrected chi connectivity index (χ2v) is 7.56. The molecule has 1 aromatic heterocycles. The Balaban J connectivity index is 1.47. The van der Waals surface area contributed by atoms with Gasteiger partial charge in [-0.15, -0.1) is 0 Å². The summed E-state index contributed by atoms with van der Waals surface area (Å²) >= 11 is 0. The van der Waals surface area contributed by atoms with Gasteiger partial charge in [-0.05, 0) is 12.8 Å². The van der Waals surface area contributed by atoms with Crippen molar-refractivity contribution in [2.75, 3.05) is 32.7 Å². The Morgan fingerprint density at radius 3 is 2.50 bits per heavy atom. The average molecular weight is 355 g/mol. The van der Waals surface area contributed by atoms with E-state index in [1.54, 1.807) is 6.20 Å². The highest BCUT2D eigenvalue weighted by atomic mass is 16.4. The topological polar surface area (TPSA) is 49.6 Å². The lowest BCUT2D eigenvalue weighted by atomic mass is 10.1. The third kappa shape index (κ3) is 4.94. The van der Waals surface area contributed by atoms with Crippen LogP contribution in [0.2, 0.25) is 0 Å². The maximum absolute atomic E-state index is 12.5. The van der Waals surface area contributed by atoms with Gasteiger partial charge in [0.15, 0.2) is 11.7 Å². The van der Waals surface area contributed by atoms with Crippen LogP contribution in [0.5, 0.6) is 0 Å². The van der Waals surface area contributed by atoms with Gasteiger partial charge in [-0.2, -0.15) is 0 Å². The lowest BCUT2D eigenvalue weighted by Crippen LogP contribution is -2.49. The minimum Gasteiger partial charge on any atom is -0.441 e. The summed E-state index contributed by atoms with van der Waals surface area (Å²) in [5, 5.41) is 0. The minimum atomic E-state index is 0.198. The van der Waals surface area contributed by atoms with Gasteiger partial charge in [-0.25, -0.2) is 4.98 Å². The van der Waals surface area contributed by atoms with Crippen molar-refractivity contribution >= 4 is 5.91 Å². The van der Waals surface area contributed by atoms with Crippen molar-refractivity contribution in [1.29, 1.82) is 0 Å². The van der Waals surface area contributed by atoms with Crippen LogP contribution in [0, 0.1) is 12.8 Å². The molecule has 0 aliphatic carbocycles. The van der Waals surface area contributed by atoms with Gasteiger partial charge in [0.2, 0.25) is 5.91 Å². The zero-order valence-electron chi connectivity index (χ0n) is 16.1. The minimum absolute atomic E-state index is 0.198. The van der Waals surface area contributed by atoms with Gasteiger partial charge in [-0.3, -0.25) is 9.69 Å². The lowest BCUT2D eigenvalue weighted by molar-refractivity contribution is -0.133. The molecule has 0 saturated carbocycles. The first-order valence-corrected chi connectivity index (χ1v) is 9.53. The molecule has 0 atom stereocenters. The number of amides is 1. The number of rotatable bonds is 6. The third-order valence-electron chi connectivity index (χ3n) is 4.79. The molecule has 0 spiro atoms.